The van der Waals surface area contributed by atoms with Crippen LogP contribution in [0, 0.1) is 13.8 Å². The van der Waals surface area contributed by atoms with Crippen molar-refractivity contribution < 1.29 is 9.53 Å². The van der Waals surface area contributed by atoms with Crippen LogP contribution in [-0.4, -0.2) is 27.8 Å². The van der Waals surface area contributed by atoms with Gasteiger partial charge in [-0.15, -0.1) is 0 Å². The van der Waals surface area contributed by atoms with Gasteiger partial charge in [-0.05, 0) is 44.5 Å². The molecule has 6 nitrogen and oxygen atoms in total. The van der Waals surface area contributed by atoms with Crippen LogP contribution >= 0.6 is 0 Å². The molecule has 0 saturated carbocycles. The zero-order valence-electron chi connectivity index (χ0n) is 15.2. The Kier molecular flexibility index (Phi) is 4.44. The van der Waals surface area contributed by atoms with Crippen LogP contribution in [-0.2, 0) is 11.3 Å². The molecule has 0 fully saturated rings. The second-order valence-electron chi connectivity index (χ2n) is 6.00. The Hall–Kier alpha value is -2.89. The van der Waals surface area contributed by atoms with Gasteiger partial charge in [-0.25, -0.2) is 4.98 Å². The number of carbonyl (C=O) groups excluding carboxylic acids is 1. The van der Waals surface area contributed by atoms with Gasteiger partial charge in [0.25, 0.3) is 0 Å². The summed E-state index contributed by atoms with van der Waals surface area (Å²) in [7, 11) is 1.62. The van der Waals surface area contributed by atoms with Gasteiger partial charge >= 0.3 is 0 Å². The van der Waals surface area contributed by atoms with Gasteiger partial charge in [-0.3, -0.25) is 9.48 Å². The lowest BCUT2D eigenvalue weighted by atomic mass is 10.0. The average molecular weight is 338 g/mol. The van der Waals surface area contributed by atoms with E-state index < -0.39 is 0 Å². The number of fused-ring (bicyclic) bond motifs is 1. The standard InChI is InChI=1S/C19H22N4O2/c1-6-23-12(3)14(10-20-23)16-9-11(2)18-15(21-13(4)24)7-8-17(25-5)19(18)22-16/h7-10H,6H2,1-5H3,(H,21,24). The molecule has 0 saturated heterocycles. The normalized spacial score (nSPS) is 10.9. The molecule has 2 aromatic heterocycles. The van der Waals surface area contributed by atoms with Gasteiger partial charge in [0, 0.05) is 30.1 Å². The lowest BCUT2D eigenvalue weighted by molar-refractivity contribution is -0.114. The highest BCUT2D eigenvalue weighted by atomic mass is 16.5. The van der Waals surface area contributed by atoms with Gasteiger partial charge in [-0.2, -0.15) is 5.10 Å². The smallest absolute Gasteiger partial charge is 0.221 e. The van der Waals surface area contributed by atoms with Crippen molar-refractivity contribution in [3.05, 3.63) is 35.7 Å². The molecule has 0 unspecified atom stereocenters. The van der Waals surface area contributed by atoms with Crippen LogP contribution in [0.3, 0.4) is 0 Å². The molecule has 0 bridgehead atoms. The van der Waals surface area contributed by atoms with Crippen LogP contribution in [0.2, 0.25) is 0 Å². The summed E-state index contributed by atoms with van der Waals surface area (Å²) in [6, 6.07) is 5.69. The van der Waals surface area contributed by atoms with Crippen LogP contribution < -0.4 is 10.1 Å². The Morgan fingerprint density at radius 1 is 1.32 bits per heavy atom. The van der Waals surface area contributed by atoms with Gasteiger partial charge in [0.05, 0.1) is 24.7 Å². The number of pyridine rings is 1. The molecule has 0 radical (unpaired) electrons. The summed E-state index contributed by atoms with van der Waals surface area (Å²) in [5.41, 5.74) is 5.41. The van der Waals surface area contributed by atoms with E-state index >= 15 is 0 Å². The van der Waals surface area contributed by atoms with Crippen molar-refractivity contribution in [2.75, 3.05) is 12.4 Å². The van der Waals surface area contributed by atoms with Crippen LogP contribution in [0.4, 0.5) is 5.69 Å². The van der Waals surface area contributed by atoms with Crippen molar-refractivity contribution >= 4 is 22.5 Å². The van der Waals surface area contributed by atoms with E-state index in [-0.39, 0.29) is 5.91 Å². The van der Waals surface area contributed by atoms with E-state index in [1.54, 1.807) is 7.11 Å². The highest BCUT2D eigenvalue weighted by Gasteiger charge is 2.16. The maximum Gasteiger partial charge on any atom is 0.221 e. The summed E-state index contributed by atoms with van der Waals surface area (Å²) in [6.45, 7) is 8.42. The van der Waals surface area contributed by atoms with E-state index in [2.05, 4.69) is 17.3 Å². The lowest BCUT2D eigenvalue weighted by Crippen LogP contribution is -2.07. The number of hydrogen-bond acceptors (Lipinski definition) is 4. The number of nitrogens with one attached hydrogen (secondary N) is 1. The Balaban J connectivity index is 2.27. The van der Waals surface area contributed by atoms with Crippen LogP contribution in [0.25, 0.3) is 22.2 Å². The first-order valence-corrected chi connectivity index (χ1v) is 8.25. The molecule has 2 heterocycles. The van der Waals surface area contributed by atoms with Crippen LogP contribution in [0.15, 0.2) is 24.4 Å². The van der Waals surface area contributed by atoms with Gasteiger partial charge in [0.1, 0.15) is 11.3 Å². The van der Waals surface area contributed by atoms with E-state index in [4.69, 9.17) is 9.72 Å². The summed E-state index contributed by atoms with van der Waals surface area (Å²) in [5, 5.41) is 8.17. The minimum Gasteiger partial charge on any atom is -0.494 e. The number of methoxy groups -OCH3 is 1. The van der Waals surface area contributed by atoms with E-state index in [0.29, 0.717) is 5.75 Å². The molecule has 3 aromatic rings. The fraction of sp³-hybridized carbons (Fsp3) is 0.316. The number of benzene rings is 1. The second-order valence-corrected chi connectivity index (χ2v) is 6.00. The summed E-state index contributed by atoms with van der Waals surface area (Å²) in [5.74, 6) is 0.560. The van der Waals surface area contributed by atoms with Gasteiger partial charge in [0.15, 0.2) is 0 Å². The number of nitrogens with zero attached hydrogens (tertiary/aromatic N) is 3. The molecule has 25 heavy (non-hydrogen) atoms. The highest BCUT2D eigenvalue weighted by Crippen LogP contribution is 2.35. The van der Waals surface area contributed by atoms with Crippen molar-refractivity contribution in [3.8, 4) is 17.0 Å². The summed E-state index contributed by atoms with van der Waals surface area (Å²) >= 11 is 0. The molecule has 3 rings (SSSR count). The molecule has 0 aliphatic carbocycles. The zero-order chi connectivity index (χ0) is 18.1. The number of aryl methyl sites for hydroxylation is 2. The van der Waals surface area contributed by atoms with E-state index in [9.17, 15) is 4.79 Å². The first kappa shape index (κ1) is 17.0. The summed E-state index contributed by atoms with van der Waals surface area (Å²) < 4.78 is 7.44. The Morgan fingerprint density at radius 2 is 2.08 bits per heavy atom. The SMILES string of the molecule is CCn1ncc(-c2cc(C)c3c(NC(C)=O)ccc(OC)c3n2)c1C. The third-order valence-electron chi connectivity index (χ3n) is 4.33. The first-order valence-electron chi connectivity index (χ1n) is 8.25. The molecule has 0 aliphatic heterocycles. The third kappa shape index (κ3) is 2.95. The minimum atomic E-state index is -0.116. The number of rotatable bonds is 4. The molecule has 1 aromatic carbocycles. The van der Waals surface area contributed by atoms with Crippen molar-refractivity contribution in [1.29, 1.82) is 0 Å². The summed E-state index contributed by atoms with van der Waals surface area (Å²) in [6.07, 6.45) is 1.84. The van der Waals surface area contributed by atoms with Gasteiger partial charge in [-0.1, -0.05) is 0 Å². The maximum atomic E-state index is 11.5. The molecule has 130 valence electrons. The number of ether oxygens (including phenoxy) is 1. The Morgan fingerprint density at radius 3 is 2.68 bits per heavy atom. The van der Waals surface area contributed by atoms with Crippen LogP contribution in [0.5, 0.6) is 5.75 Å². The van der Waals surface area contributed by atoms with Crippen molar-refractivity contribution in [3.63, 3.8) is 0 Å². The van der Waals surface area contributed by atoms with Gasteiger partial charge < -0.3 is 10.1 Å². The van der Waals surface area contributed by atoms with Crippen molar-refractivity contribution in [2.24, 2.45) is 0 Å². The van der Waals surface area contributed by atoms with E-state index in [0.717, 1.165) is 45.6 Å². The molecular formula is C19H22N4O2. The number of hydrogen-bond donors (Lipinski definition) is 1. The minimum absolute atomic E-state index is 0.116. The molecule has 0 spiro atoms. The maximum absolute atomic E-state index is 11.5. The Labute approximate surface area is 146 Å². The quantitative estimate of drug-likeness (QED) is 0.787. The summed E-state index contributed by atoms with van der Waals surface area (Å²) in [4.78, 5) is 16.3. The van der Waals surface area contributed by atoms with Crippen molar-refractivity contribution in [2.45, 2.75) is 34.2 Å². The predicted octanol–water partition coefficient (Wildman–Crippen LogP) is 3.70. The largest absolute Gasteiger partial charge is 0.494 e. The van der Waals surface area contributed by atoms with Crippen LogP contribution in [0.1, 0.15) is 25.1 Å². The second kappa shape index (κ2) is 6.55. The fourth-order valence-electron chi connectivity index (χ4n) is 3.13. The van der Waals surface area contributed by atoms with E-state index in [1.165, 1.54) is 6.92 Å². The van der Waals surface area contributed by atoms with E-state index in [1.807, 2.05) is 42.9 Å². The van der Waals surface area contributed by atoms with Gasteiger partial charge in [0.2, 0.25) is 5.91 Å². The molecule has 0 atom stereocenters. The number of amides is 1. The average Bonchev–Trinajstić information content (AvgIpc) is 2.94. The number of carbonyl (C=O) groups is 1. The fourth-order valence-corrected chi connectivity index (χ4v) is 3.13. The monoisotopic (exact) mass is 338 g/mol. The first-order chi connectivity index (χ1) is 12.0. The lowest BCUT2D eigenvalue weighted by Gasteiger charge is -2.14. The predicted molar refractivity (Wildman–Crippen MR) is 99.0 cm³/mol. The topological polar surface area (TPSA) is 69.0 Å². The molecule has 6 heteroatoms. The molecular weight excluding hydrogens is 316 g/mol. The van der Waals surface area contributed by atoms with Crippen molar-refractivity contribution in [1.82, 2.24) is 14.8 Å². The molecule has 0 aliphatic rings. The zero-order valence-corrected chi connectivity index (χ0v) is 15.2. The third-order valence-corrected chi connectivity index (χ3v) is 4.33. The molecule has 1 amide bonds. The number of anilines is 1. The highest BCUT2D eigenvalue weighted by molar-refractivity contribution is 6.04. The Bertz CT molecular complexity index is 960. The molecule has 1 N–H and O–H groups in total. The number of aromatic nitrogens is 3.